The maximum absolute atomic E-state index is 12.6. The molecule has 3 nitrogen and oxygen atoms in total. The monoisotopic (exact) mass is 330 g/mol. The molecule has 0 saturated heterocycles. The van der Waals surface area contributed by atoms with Gasteiger partial charge in [-0.25, -0.2) is 0 Å². The molecule has 0 aliphatic carbocycles. The molecular weight excluding hydrogens is 319 g/mol. The molecule has 3 rings (SSSR count). The van der Waals surface area contributed by atoms with Gasteiger partial charge in [-0.05, 0) is 48.9 Å². The average molecular weight is 331 g/mol. The Bertz CT molecular complexity index is 795. The lowest BCUT2D eigenvalue weighted by Crippen LogP contribution is -2.21. The van der Waals surface area contributed by atoms with Gasteiger partial charge in [-0.2, -0.15) is 10.1 Å². The van der Waals surface area contributed by atoms with Crippen LogP contribution in [0.5, 0.6) is 0 Å². The second-order valence-corrected chi connectivity index (χ2v) is 5.76. The number of anilines is 1. The van der Waals surface area contributed by atoms with Crippen LogP contribution in [0.2, 0.25) is 10.0 Å². The molecule has 1 amide bonds. The SMILES string of the molecule is CC1=NN(c2cccc(Cl)c2)C(=O)/C1=C\c1ccc(Cl)cc1. The van der Waals surface area contributed by atoms with E-state index in [0.717, 1.165) is 5.56 Å². The van der Waals surface area contributed by atoms with Crippen molar-refractivity contribution in [3.8, 4) is 0 Å². The molecule has 0 aromatic heterocycles. The highest BCUT2D eigenvalue weighted by Gasteiger charge is 2.28. The van der Waals surface area contributed by atoms with E-state index in [1.165, 1.54) is 5.01 Å². The molecule has 5 heteroatoms. The van der Waals surface area contributed by atoms with Gasteiger partial charge in [-0.3, -0.25) is 4.79 Å². The summed E-state index contributed by atoms with van der Waals surface area (Å²) in [5.74, 6) is -0.172. The van der Waals surface area contributed by atoms with E-state index in [1.807, 2.05) is 25.1 Å². The molecule has 0 spiro atoms. The van der Waals surface area contributed by atoms with E-state index in [2.05, 4.69) is 5.10 Å². The first-order valence-corrected chi connectivity index (χ1v) is 7.43. The van der Waals surface area contributed by atoms with Gasteiger partial charge in [0.25, 0.3) is 5.91 Å². The third-order valence-electron chi connectivity index (χ3n) is 3.30. The predicted molar refractivity (Wildman–Crippen MR) is 91.5 cm³/mol. The smallest absolute Gasteiger partial charge is 0.267 e. The summed E-state index contributed by atoms with van der Waals surface area (Å²) in [7, 11) is 0. The molecular formula is C17H12Cl2N2O. The minimum Gasteiger partial charge on any atom is -0.267 e. The van der Waals surface area contributed by atoms with Crippen LogP contribution in [0, 0.1) is 0 Å². The lowest BCUT2D eigenvalue weighted by atomic mass is 10.1. The highest BCUT2D eigenvalue weighted by Crippen LogP contribution is 2.27. The predicted octanol–water partition coefficient (Wildman–Crippen LogP) is 4.80. The lowest BCUT2D eigenvalue weighted by Gasteiger charge is -2.11. The first kappa shape index (κ1) is 14.8. The highest BCUT2D eigenvalue weighted by molar-refractivity contribution is 6.33. The molecule has 0 unspecified atom stereocenters. The molecule has 110 valence electrons. The van der Waals surface area contributed by atoms with Crippen molar-refractivity contribution in [1.82, 2.24) is 0 Å². The van der Waals surface area contributed by atoms with Crippen LogP contribution in [0.15, 0.2) is 59.2 Å². The summed E-state index contributed by atoms with van der Waals surface area (Å²) in [4.78, 5) is 12.6. The molecule has 0 bridgehead atoms. The average Bonchev–Trinajstić information content (AvgIpc) is 2.77. The molecule has 1 aliphatic rings. The van der Waals surface area contributed by atoms with Crippen molar-refractivity contribution >= 4 is 46.6 Å². The van der Waals surface area contributed by atoms with Gasteiger partial charge in [0.05, 0.1) is 17.0 Å². The quantitative estimate of drug-likeness (QED) is 0.728. The molecule has 22 heavy (non-hydrogen) atoms. The number of nitrogens with zero attached hydrogens (tertiary/aromatic N) is 2. The van der Waals surface area contributed by atoms with Gasteiger partial charge < -0.3 is 0 Å². The molecule has 2 aromatic rings. The summed E-state index contributed by atoms with van der Waals surface area (Å²) in [6.45, 7) is 1.81. The number of rotatable bonds is 2. The second-order valence-electron chi connectivity index (χ2n) is 4.89. The maximum Gasteiger partial charge on any atom is 0.280 e. The Labute approximate surface area is 138 Å². The molecule has 0 atom stereocenters. The van der Waals surface area contributed by atoms with Gasteiger partial charge in [0.2, 0.25) is 0 Å². The fourth-order valence-corrected chi connectivity index (χ4v) is 2.50. The van der Waals surface area contributed by atoms with Crippen LogP contribution in [-0.4, -0.2) is 11.6 Å². The molecule has 0 saturated carbocycles. The Morgan fingerprint density at radius 1 is 1.05 bits per heavy atom. The highest BCUT2D eigenvalue weighted by atomic mass is 35.5. The Morgan fingerprint density at radius 3 is 2.45 bits per heavy atom. The minimum atomic E-state index is -0.172. The van der Waals surface area contributed by atoms with Crippen molar-refractivity contribution in [2.24, 2.45) is 5.10 Å². The van der Waals surface area contributed by atoms with Crippen LogP contribution in [0.25, 0.3) is 6.08 Å². The Balaban J connectivity index is 1.94. The van der Waals surface area contributed by atoms with Gasteiger partial charge in [-0.1, -0.05) is 41.4 Å². The van der Waals surface area contributed by atoms with E-state index in [9.17, 15) is 4.79 Å². The van der Waals surface area contributed by atoms with E-state index >= 15 is 0 Å². The summed E-state index contributed by atoms with van der Waals surface area (Å²) in [6, 6.07) is 14.3. The van der Waals surface area contributed by atoms with Crippen LogP contribution in [-0.2, 0) is 4.79 Å². The van der Waals surface area contributed by atoms with Crippen LogP contribution in [0.3, 0.4) is 0 Å². The third kappa shape index (κ3) is 2.91. The van der Waals surface area contributed by atoms with Crippen molar-refractivity contribution < 1.29 is 4.79 Å². The Kier molecular flexibility index (Phi) is 4.01. The zero-order valence-electron chi connectivity index (χ0n) is 11.8. The lowest BCUT2D eigenvalue weighted by molar-refractivity contribution is -0.114. The van der Waals surface area contributed by atoms with Gasteiger partial charge in [0.1, 0.15) is 0 Å². The second kappa shape index (κ2) is 5.95. The molecule has 0 N–H and O–H groups in total. The van der Waals surface area contributed by atoms with Crippen LogP contribution in [0.4, 0.5) is 5.69 Å². The largest absolute Gasteiger partial charge is 0.280 e. The summed E-state index contributed by atoms with van der Waals surface area (Å²) in [6.07, 6.45) is 1.81. The van der Waals surface area contributed by atoms with E-state index in [0.29, 0.717) is 27.0 Å². The number of carbonyl (C=O) groups excluding carboxylic acids is 1. The molecule has 0 radical (unpaired) electrons. The number of hydrogen-bond donors (Lipinski definition) is 0. The number of hydrazone groups is 1. The summed E-state index contributed by atoms with van der Waals surface area (Å²) >= 11 is 11.8. The normalized spacial score (nSPS) is 16.3. The van der Waals surface area contributed by atoms with Gasteiger partial charge in [0.15, 0.2) is 0 Å². The fourth-order valence-electron chi connectivity index (χ4n) is 2.19. The van der Waals surface area contributed by atoms with Crippen molar-refractivity contribution in [2.75, 3.05) is 5.01 Å². The maximum atomic E-state index is 12.6. The molecule has 1 aliphatic heterocycles. The van der Waals surface area contributed by atoms with E-state index < -0.39 is 0 Å². The fraction of sp³-hybridized carbons (Fsp3) is 0.0588. The van der Waals surface area contributed by atoms with Gasteiger partial charge in [0, 0.05) is 10.0 Å². The number of carbonyl (C=O) groups is 1. The zero-order chi connectivity index (χ0) is 15.7. The number of benzene rings is 2. The number of halogens is 2. The van der Waals surface area contributed by atoms with E-state index in [4.69, 9.17) is 23.2 Å². The van der Waals surface area contributed by atoms with Crippen LogP contribution >= 0.6 is 23.2 Å². The Hall–Kier alpha value is -2.10. The van der Waals surface area contributed by atoms with Crippen LogP contribution in [0.1, 0.15) is 12.5 Å². The zero-order valence-corrected chi connectivity index (χ0v) is 13.3. The van der Waals surface area contributed by atoms with Crippen molar-refractivity contribution in [1.29, 1.82) is 0 Å². The first-order chi connectivity index (χ1) is 10.5. The van der Waals surface area contributed by atoms with Gasteiger partial charge >= 0.3 is 0 Å². The molecule has 0 fully saturated rings. The Morgan fingerprint density at radius 2 is 1.77 bits per heavy atom. The first-order valence-electron chi connectivity index (χ1n) is 6.67. The van der Waals surface area contributed by atoms with Crippen molar-refractivity contribution in [3.63, 3.8) is 0 Å². The van der Waals surface area contributed by atoms with Crippen LogP contribution < -0.4 is 5.01 Å². The minimum absolute atomic E-state index is 0.172. The topological polar surface area (TPSA) is 32.7 Å². The third-order valence-corrected chi connectivity index (χ3v) is 3.78. The summed E-state index contributed by atoms with van der Waals surface area (Å²) < 4.78 is 0. The number of hydrogen-bond acceptors (Lipinski definition) is 2. The van der Waals surface area contributed by atoms with E-state index in [1.54, 1.807) is 36.4 Å². The number of amides is 1. The standard InChI is InChI=1S/C17H12Cl2N2O/c1-11-16(9-12-5-7-13(18)8-6-12)17(22)21(20-11)15-4-2-3-14(19)10-15/h2-10H,1H3/b16-9-. The van der Waals surface area contributed by atoms with E-state index in [-0.39, 0.29) is 5.91 Å². The van der Waals surface area contributed by atoms with Gasteiger partial charge in [-0.15, -0.1) is 0 Å². The molecule has 1 heterocycles. The molecule has 2 aromatic carbocycles. The summed E-state index contributed by atoms with van der Waals surface area (Å²) in [5, 5.41) is 6.91. The summed E-state index contributed by atoms with van der Waals surface area (Å²) in [5.41, 5.74) is 2.77. The van der Waals surface area contributed by atoms with Crippen molar-refractivity contribution in [3.05, 3.63) is 69.7 Å². The van der Waals surface area contributed by atoms with Crippen molar-refractivity contribution in [2.45, 2.75) is 6.92 Å².